The summed E-state index contributed by atoms with van der Waals surface area (Å²) in [5.74, 6) is -0.544. The van der Waals surface area contributed by atoms with Crippen LogP contribution in [-0.2, 0) is 4.74 Å². The normalized spacial score (nSPS) is 19.2. The highest BCUT2D eigenvalue weighted by molar-refractivity contribution is 5.93. The van der Waals surface area contributed by atoms with Crippen LogP contribution in [0, 0.1) is 11.7 Å². The lowest BCUT2D eigenvalue weighted by Gasteiger charge is -2.12. The predicted octanol–water partition coefficient (Wildman–Crippen LogP) is 1.37. The fraction of sp³-hybridized carbons (Fsp3) is 0.417. The van der Waals surface area contributed by atoms with Gasteiger partial charge in [-0.15, -0.1) is 0 Å². The van der Waals surface area contributed by atoms with Crippen LogP contribution in [0.15, 0.2) is 18.2 Å². The molecule has 0 aromatic heterocycles. The van der Waals surface area contributed by atoms with Gasteiger partial charge in [0.2, 0.25) is 5.91 Å². The Morgan fingerprint density at radius 1 is 1.59 bits per heavy atom. The molecule has 92 valence electrons. The average Bonchev–Trinajstić information content (AvgIpc) is 2.80. The van der Waals surface area contributed by atoms with Crippen LogP contribution in [0.5, 0.6) is 0 Å². The van der Waals surface area contributed by atoms with Crippen molar-refractivity contribution in [3.63, 3.8) is 0 Å². The van der Waals surface area contributed by atoms with Gasteiger partial charge in [0.05, 0.1) is 12.3 Å². The predicted molar refractivity (Wildman–Crippen MR) is 62.3 cm³/mol. The van der Waals surface area contributed by atoms with Gasteiger partial charge in [0.1, 0.15) is 5.82 Å². The van der Waals surface area contributed by atoms with E-state index in [1.54, 1.807) is 0 Å². The number of hydrogen-bond donors (Lipinski definition) is 2. The Morgan fingerprint density at radius 3 is 3.06 bits per heavy atom. The van der Waals surface area contributed by atoms with Crippen LogP contribution in [-0.4, -0.2) is 25.7 Å². The van der Waals surface area contributed by atoms with Gasteiger partial charge >= 0.3 is 0 Å². The van der Waals surface area contributed by atoms with E-state index in [4.69, 9.17) is 10.5 Å². The lowest BCUT2D eigenvalue weighted by molar-refractivity contribution is 0.100. The number of nitrogens with one attached hydrogen (secondary N) is 1. The summed E-state index contributed by atoms with van der Waals surface area (Å²) in [6, 6.07) is 4.06. The molecule has 4 nitrogen and oxygen atoms in total. The van der Waals surface area contributed by atoms with E-state index < -0.39 is 5.91 Å². The maximum Gasteiger partial charge on any atom is 0.248 e. The number of rotatable bonds is 4. The molecule has 1 saturated heterocycles. The third-order valence-corrected chi connectivity index (χ3v) is 2.86. The van der Waals surface area contributed by atoms with Crippen molar-refractivity contribution in [2.24, 2.45) is 11.7 Å². The van der Waals surface area contributed by atoms with Crippen LogP contribution in [0.1, 0.15) is 16.8 Å². The Balaban J connectivity index is 2.03. The van der Waals surface area contributed by atoms with E-state index in [1.807, 2.05) is 0 Å². The van der Waals surface area contributed by atoms with Crippen molar-refractivity contribution in [1.29, 1.82) is 0 Å². The van der Waals surface area contributed by atoms with Gasteiger partial charge in [0.15, 0.2) is 0 Å². The van der Waals surface area contributed by atoms with Crippen LogP contribution in [0.2, 0.25) is 0 Å². The van der Waals surface area contributed by atoms with E-state index in [0.29, 0.717) is 30.3 Å². The molecule has 1 amide bonds. The van der Waals surface area contributed by atoms with Gasteiger partial charge in [0.25, 0.3) is 0 Å². The fourth-order valence-corrected chi connectivity index (χ4v) is 1.81. The van der Waals surface area contributed by atoms with Gasteiger partial charge in [-0.1, -0.05) is 0 Å². The van der Waals surface area contributed by atoms with E-state index in [9.17, 15) is 9.18 Å². The second-order valence-corrected chi connectivity index (χ2v) is 4.17. The van der Waals surface area contributed by atoms with Gasteiger partial charge < -0.3 is 15.8 Å². The summed E-state index contributed by atoms with van der Waals surface area (Å²) in [7, 11) is 0. The largest absolute Gasteiger partial charge is 0.382 e. The number of benzene rings is 1. The molecule has 1 aromatic carbocycles. The number of nitrogens with two attached hydrogens (primary N) is 1. The second kappa shape index (κ2) is 5.14. The maximum atomic E-state index is 13.5. The minimum atomic E-state index is -0.558. The number of hydrogen-bond acceptors (Lipinski definition) is 3. The van der Waals surface area contributed by atoms with E-state index >= 15 is 0 Å². The standard InChI is InChI=1S/C12H15FN2O2/c13-10-2-1-9(12(14)16)5-11(10)15-6-8-3-4-17-7-8/h1-2,5,8,15H,3-4,6-7H2,(H2,14,16). The van der Waals surface area contributed by atoms with Crippen molar-refractivity contribution < 1.29 is 13.9 Å². The first kappa shape index (κ1) is 11.9. The Kier molecular flexibility index (Phi) is 3.58. The molecule has 1 aliphatic heterocycles. The minimum absolute atomic E-state index is 0.302. The van der Waals surface area contributed by atoms with E-state index in [2.05, 4.69) is 5.32 Å². The molecule has 17 heavy (non-hydrogen) atoms. The number of carbonyl (C=O) groups is 1. The summed E-state index contributed by atoms with van der Waals surface area (Å²) >= 11 is 0. The monoisotopic (exact) mass is 238 g/mol. The molecule has 1 aliphatic rings. The van der Waals surface area contributed by atoms with E-state index in [0.717, 1.165) is 13.0 Å². The molecular weight excluding hydrogens is 223 g/mol. The molecule has 0 aliphatic carbocycles. The van der Waals surface area contributed by atoms with Crippen LogP contribution < -0.4 is 11.1 Å². The molecule has 5 heteroatoms. The first-order valence-corrected chi connectivity index (χ1v) is 5.58. The SMILES string of the molecule is NC(=O)c1ccc(F)c(NCC2CCOC2)c1. The molecule has 2 rings (SSSR count). The molecule has 1 aromatic rings. The summed E-state index contributed by atoms with van der Waals surface area (Å²) in [5.41, 5.74) is 5.76. The minimum Gasteiger partial charge on any atom is -0.382 e. The quantitative estimate of drug-likeness (QED) is 0.832. The Bertz CT molecular complexity index is 417. The van der Waals surface area contributed by atoms with Crippen molar-refractivity contribution >= 4 is 11.6 Å². The highest BCUT2D eigenvalue weighted by Crippen LogP contribution is 2.18. The number of primary amides is 1. The summed E-state index contributed by atoms with van der Waals surface area (Å²) in [6.45, 7) is 2.10. The molecule has 0 bridgehead atoms. The molecule has 0 saturated carbocycles. The van der Waals surface area contributed by atoms with Crippen molar-refractivity contribution in [2.45, 2.75) is 6.42 Å². The molecule has 1 heterocycles. The molecule has 1 unspecified atom stereocenters. The number of halogens is 1. The Hall–Kier alpha value is -1.62. The van der Waals surface area contributed by atoms with Crippen LogP contribution in [0.4, 0.5) is 10.1 Å². The highest BCUT2D eigenvalue weighted by Gasteiger charge is 2.16. The fourth-order valence-electron chi connectivity index (χ4n) is 1.81. The van der Waals surface area contributed by atoms with Gasteiger partial charge in [-0.05, 0) is 24.6 Å². The zero-order valence-electron chi connectivity index (χ0n) is 9.41. The number of ether oxygens (including phenoxy) is 1. The van der Waals surface area contributed by atoms with Crippen LogP contribution in [0.3, 0.4) is 0 Å². The third-order valence-electron chi connectivity index (χ3n) is 2.86. The second-order valence-electron chi connectivity index (χ2n) is 4.17. The Morgan fingerprint density at radius 2 is 2.41 bits per heavy atom. The molecule has 1 fully saturated rings. The number of amides is 1. The summed E-state index contributed by atoms with van der Waals surface area (Å²) in [4.78, 5) is 11.0. The lowest BCUT2D eigenvalue weighted by atomic mass is 10.1. The zero-order valence-corrected chi connectivity index (χ0v) is 9.41. The molecule has 0 spiro atoms. The Labute approximate surface area is 98.9 Å². The number of carbonyl (C=O) groups excluding carboxylic acids is 1. The third kappa shape index (κ3) is 2.94. The topological polar surface area (TPSA) is 64.4 Å². The van der Waals surface area contributed by atoms with Crippen LogP contribution in [0.25, 0.3) is 0 Å². The highest BCUT2D eigenvalue weighted by atomic mass is 19.1. The maximum absolute atomic E-state index is 13.5. The molecule has 0 radical (unpaired) electrons. The van der Waals surface area contributed by atoms with E-state index in [1.165, 1.54) is 18.2 Å². The first-order chi connectivity index (χ1) is 8.16. The average molecular weight is 238 g/mol. The summed E-state index contributed by atoms with van der Waals surface area (Å²) in [6.07, 6.45) is 0.976. The first-order valence-electron chi connectivity index (χ1n) is 5.58. The molecule has 1 atom stereocenters. The lowest BCUT2D eigenvalue weighted by Crippen LogP contribution is -2.16. The van der Waals surface area contributed by atoms with Crippen molar-refractivity contribution in [1.82, 2.24) is 0 Å². The summed E-state index contributed by atoms with van der Waals surface area (Å²) in [5, 5.41) is 2.99. The van der Waals surface area contributed by atoms with Gasteiger partial charge in [-0.25, -0.2) is 4.39 Å². The van der Waals surface area contributed by atoms with E-state index in [-0.39, 0.29) is 5.82 Å². The van der Waals surface area contributed by atoms with Crippen molar-refractivity contribution in [2.75, 3.05) is 25.1 Å². The van der Waals surface area contributed by atoms with Gasteiger partial charge in [0, 0.05) is 24.6 Å². The van der Waals surface area contributed by atoms with Gasteiger partial charge in [-0.3, -0.25) is 4.79 Å². The van der Waals surface area contributed by atoms with Crippen molar-refractivity contribution in [3.8, 4) is 0 Å². The van der Waals surface area contributed by atoms with Crippen molar-refractivity contribution in [3.05, 3.63) is 29.6 Å². The van der Waals surface area contributed by atoms with Crippen LogP contribution >= 0.6 is 0 Å². The van der Waals surface area contributed by atoms with Gasteiger partial charge in [-0.2, -0.15) is 0 Å². The zero-order chi connectivity index (χ0) is 12.3. The summed E-state index contributed by atoms with van der Waals surface area (Å²) < 4.78 is 18.7. The number of anilines is 1. The smallest absolute Gasteiger partial charge is 0.248 e. The molecular formula is C12H15FN2O2. The molecule has 3 N–H and O–H groups in total.